The Balaban J connectivity index is 0.00000182. The predicted octanol–water partition coefficient (Wildman–Crippen LogP) is 3.41. The molecule has 0 aliphatic carbocycles. The van der Waals surface area contributed by atoms with E-state index < -0.39 is 6.04 Å². The molecule has 2 aliphatic heterocycles. The molecule has 2 atom stereocenters. The van der Waals surface area contributed by atoms with Crippen molar-refractivity contribution in [1.82, 2.24) is 9.80 Å². The van der Waals surface area contributed by atoms with E-state index in [-0.39, 0.29) is 36.1 Å². The van der Waals surface area contributed by atoms with E-state index in [1.807, 2.05) is 11.0 Å². The summed E-state index contributed by atoms with van der Waals surface area (Å²) in [6.07, 6.45) is 0.930. The van der Waals surface area contributed by atoms with Crippen LogP contribution in [0.2, 0.25) is 10.0 Å². The second-order valence-corrected chi connectivity index (χ2v) is 8.08. The van der Waals surface area contributed by atoms with Crippen molar-refractivity contribution in [1.29, 1.82) is 0 Å². The molecule has 5 nitrogen and oxygen atoms in total. The van der Waals surface area contributed by atoms with Crippen molar-refractivity contribution >= 4 is 53.9 Å². The first kappa shape index (κ1) is 24.8. The molecule has 27 heavy (non-hydrogen) atoms. The van der Waals surface area contributed by atoms with Gasteiger partial charge in [0.1, 0.15) is 6.04 Å². The van der Waals surface area contributed by atoms with Crippen LogP contribution in [0.3, 0.4) is 0 Å². The second-order valence-electron chi connectivity index (χ2n) is 7.24. The number of likely N-dealkylation sites (tertiary alicyclic amines) is 1. The molecule has 9 heteroatoms. The minimum atomic E-state index is -0.409. The molecule has 154 valence electrons. The summed E-state index contributed by atoms with van der Waals surface area (Å²) in [5.74, 6) is 0.0864. The number of morpholine rings is 1. The Morgan fingerprint density at radius 2 is 1.93 bits per heavy atom. The SMILES string of the molecule is CC1(CN)CCN(C(=O)C(c2ccc(Cl)cc2Cl)N2CCOCC2)C1.Cl.Cl. The fourth-order valence-corrected chi connectivity index (χ4v) is 4.11. The van der Waals surface area contributed by atoms with Gasteiger partial charge in [0, 0.05) is 36.2 Å². The van der Waals surface area contributed by atoms with Crippen LogP contribution in [0.25, 0.3) is 0 Å². The molecular weight excluding hydrogens is 432 g/mol. The van der Waals surface area contributed by atoms with Gasteiger partial charge in [-0.25, -0.2) is 0 Å². The number of ether oxygens (including phenoxy) is 1. The Hall–Kier alpha value is -0.270. The Morgan fingerprint density at radius 1 is 1.26 bits per heavy atom. The Bertz CT molecular complexity index is 643. The van der Waals surface area contributed by atoms with Crippen molar-refractivity contribution < 1.29 is 9.53 Å². The van der Waals surface area contributed by atoms with E-state index in [1.54, 1.807) is 12.1 Å². The van der Waals surface area contributed by atoms with Crippen LogP contribution in [0.15, 0.2) is 18.2 Å². The fourth-order valence-electron chi connectivity index (χ4n) is 3.60. The zero-order valence-electron chi connectivity index (χ0n) is 15.3. The van der Waals surface area contributed by atoms with Gasteiger partial charge in [-0.05, 0) is 36.1 Å². The van der Waals surface area contributed by atoms with E-state index >= 15 is 0 Å². The molecule has 2 N–H and O–H groups in total. The van der Waals surface area contributed by atoms with Gasteiger partial charge in [0.05, 0.1) is 13.2 Å². The minimum Gasteiger partial charge on any atom is -0.379 e. The number of nitrogens with zero attached hydrogens (tertiary/aromatic N) is 2. The summed E-state index contributed by atoms with van der Waals surface area (Å²) in [5, 5.41) is 1.09. The monoisotopic (exact) mass is 457 g/mol. The molecule has 0 radical (unpaired) electrons. The lowest BCUT2D eigenvalue weighted by Crippen LogP contribution is -2.47. The van der Waals surface area contributed by atoms with Crippen molar-refractivity contribution in [3.8, 4) is 0 Å². The maximum Gasteiger partial charge on any atom is 0.244 e. The maximum absolute atomic E-state index is 13.4. The third-order valence-corrected chi connectivity index (χ3v) is 5.83. The maximum atomic E-state index is 13.4. The van der Waals surface area contributed by atoms with Crippen molar-refractivity contribution in [2.75, 3.05) is 45.9 Å². The summed E-state index contributed by atoms with van der Waals surface area (Å²) in [6, 6.07) is 4.94. The number of amides is 1. The molecule has 0 saturated carbocycles. The average Bonchev–Trinajstić information content (AvgIpc) is 3.01. The highest BCUT2D eigenvalue weighted by atomic mass is 35.5. The largest absolute Gasteiger partial charge is 0.379 e. The van der Waals surface area contributed by atoms with Gasteiger partial charge in [0.2, 0.25) is 5.91 Å². The second kappa shape index (κ2) is 10.5. The zero-order valence-corrected chi connectivity index (χ0v) is 18.5. The van der Waals surface area contributed by atoms with Gasteiger partial charge in [0.25, 0.3) is 0 Å². The lowest BCUT2D eigenvalue weighted by molar-refractivity contribution is -0.138. The van der Waals surface area contributed by atoms with Gasteiger partial charge >= 0.3 is 0 Å². The van der Waals surface area contributed by atoms with Crippen LogP contribution >= 0.6 is 48.0 Å². The number of nitrogens with two attached hydrogens (primary N) is 1. The van der Waals surface area contributed by atoms with E-state index in [0.29, 0.717) is 49.4 Å². The molecule has 3 rings (SSSR count). The molecular formula is C18H27Cl4N3O2. The van der Waals surface area contributed by atoms with Crippen molar-refractivity contribution in [3.63, 3.8) is 0 Å². The van der Waals surface area contributed by atoms with Gasteiger partial charge in [-0.3, -0.25) is 9.69 Å². The van der Waals surface area contributed by atoms with Crippen molar-refractivity contribution in [2.45, 2.75) is 19.4 Å². The first-order chi connectivity index (χ1) is 11.9. The van der Waals surface area contributed by atoms with Gasteiger partial charge < -0.3 is 15.4 Å². The predicted molar refractivity (Wildman–Crippen MR) is 114 cm³/mol. The van der Waals surface area contributed by atoms with Crippen LogP contribution in [0.5, 0.6) is 0 Å². The standard InChI is InChI=1S/C18H25Cl2N3O2.2ClH/c1-18(11-21)4-5-23(12-18)17(24)16(22-6-8-25-9-7-22)14-3-2-13(19)10-15(14)20;;/h2-3,10,16H,4-9,11-12,21H2,1H3;2*1H. The third-order valence-electron chi connectivity index (χ3n) is 5.26. The van der Waals surface area contributed by atoms with Crippen LogP contribution in [0, 0.1) is 5.41 Å². The Morgan fingerprint density at radius 3 is 2.48 bits per heavy atom. The molecule has 2 saturated heterocycles. The molecule has 2 fully saturated rings. The third kappa shape index (κ3) is 5.63. The van der Waals surface area contributed by atoms with Crippen LogP contribution in [0.1, 0.15) is 24.9 Å². The van der Waals surface area contributed by atoms with E-state index in [0.717, 1.165) is 18.5 Å². The highest BCUT2D eigenvalue weighted by Crippen LogP contribution is 2.35. The number of hydrogen-bond donors (Lipinski definition) is 1. The Labute approximate surface area is 183 Å². The van der Waals surface area contributed by atoms with Crippen molar-refractivity contribution in [3.05, 3.63) is 33.8 Å². The summed E-state index contributed by atoms with van der Waals surface area (Å²) < 4.78 is 5.45. The fraction of sp³-hybridized carbons (Fsp3) is 0.611. The lowest BCUT2D eigenvalue weighted by atomic mass is 9.90. The molecule has 2 aliphatic rings. The number of rotatable bonds is 4. The summed E-state index contributed by atoms with van der Waals surface area (Å²) in [5.41, 5.74) is 6.70. The number of carbonyl (C=O) groups excluding carboxylic acids is 1. The highest BCUT2D eigenvalue weighted by molar-refractivity contribution is 6.35. The van der Waals surface area contributed by atoms with Crippen molar-refractivity contribution in [2.24, 2.45) is 11.1 Å². The molecule has 0 bridgehead atoms. The van der Waals surface area contributed by atoms with Gasteiger partial charge in [-0.15, -0.1) is 24.8 Å². The summed E-state index contributed by atoms with van der Waals surface area (Å²) >= 11 is 12.5. The van der Waals surface area contributed by atoms with E-state index in [2.05, 4.69) is 11.8 Å². The number of hydrogen-bond acceptors (Lipinski definition) is 4. The molecule has 1 aromatic rings. The first-order valence-corrected chi connectivity index (χ1v) is 9.45. The minimum absolute atomic E-state index is 0. The quantitative estimate of drug-likeness (QED) is 0.750. The molecule has 0 spiro atoms. The molecule has 1 aromatic carbocycles. The number of benzene rings is 1. The molecule has 0 aromatic heterocycles. The zero-order chi connectivity index (χ0) is 18.0. The first-order valence-electron chi connectivity index (χ1n) is 8.69. The normalized spacial score (nSPS) is 24.1. The number of carbonyl (C=O) groups is 1. The van der Waals surface area contributed by atoms with E-state index in [9.17, 15) is 4.79 Å². The van der Waals surface area contributed by atoms with Crippen LogP contribution in [-0.4, -0.2) is 61.6 Å². The number of halogens is 4. The smallest absolute Gasteiger partial charge is 0.244 e. The van der Waals surface area contributed by atoms with Gasteiger partial charge in [-0.1, -0.05) is 36.2 Å². The van der Waals surface area contributed by atoms with Gasteiger partial charge in [-0.2, -0.15) is 0 Å². The topological polar surface area (TPSA) is 58.8 Å². The molecule has 2 unspecified atom stereocenters. The summed E-state index contributed by atoms with van der Waals surface area (Å²) in [4.78, 5) is 17.5. The van der Waals surface area contributed by atoms with Gasteiger partial charge in [0.15, 0.2) is 0 Å². The summed E-state index contributed by atoms with van der Waals surface area (Å²) in [7, 11) is 0. The summed E-state index contributed by atoms with van der Waals surface area (Å²) in [6.45, 7) is 6.80. The highest BCUT2D eigenvalue weighted by Gasteiger charge is 2.40. The van der Waals surface area contributed by atoms with Crippen LogP contribution < -0.4 is 5.73 Å². The lowest BCUT2D eigenvalue weighted by Gasteiger charge is -2.36. The molecule has 2 heterocycles. The average molecular weight is 459 g/mol. The van der Waals surface area contributed by atoms with E-state index in [1.165, 1.54) is 0 Å². The van der Waals surface area contributed by atoms with E-state index in [4.69, 9.17) is 33.7 Å². The molecule has 1 amide bonds. The van der Waals surface area contributed by atoms with Crippen LogP contribution in [0.4, 0.5) is 0 Å². The Kier molecular flexibility index (Phi) is 9.62. The van der Waals surface area contributed by atoms with Crippen LogP contribution in [-0.2, 0) is 9.53 Å².